The summed E-state index contributed by atoms with van der Waals surface area (Å²) in [6.45, 7) is 4.90. The molecule has 0 amide bonds. The number of rotatable bonds is 5. The molecular weight excluding hydrogens is 278 g/mol. The largest absolute Gasteiger partial charge is 0.489 e. The highest BCUT2D eigenvalue weighted by Crippen LogP contribution is 2.29. The zero-order valence-corrected chi connectivity index (χ0v) is 13.1. The molecule has 0 aliphatic rings. The Morgan fingerprint density at radius 2 is 1.81 bits per heavy atom. The molecule has 0 fully saturated rings. The maximum Gasteiger partial charge on any atom is 0.142 e. The Balaban J connectivity index is 1.79. The zero-order valence-electron chi connectivity index (χ0n) is 12.3. The summed E-state index contributed by atoms with van der Waals surface area (Å²) in [5.74, 6) is 0.909. The van der Waals surface area contributed by atoms with Crippen molar-refractivity contribution in [3.8, 4) is 5.75 Å². The molecule has 0 atom stereocenters. The lowest BCUT2D eigenvalue weighted by Gasteiger charge is -2.15. The molecule has 21 heavy (non-hydrogen) atoms. The van der Waals surface area contributed by atoms with Crippen molar-refractivity contribution in [2.24, 2.45) is 0 Å². The number of para-hydroxylation sites is 2. The molecule has 108 valence electrons. The molecule has 2 nitrogen and oxygen atoms in total. The van der Waals surface area contributed by atoms with E-state index >= 15 is 0 Å². The van der Waals surface area contributed by atoms with E-state index in [9.17, 15) is 0 Å². The number of thiophene rings is 1. The van der Waals surface area contributed by atoms with Crippen LogP contribution in [0.15, 0.2) is 53.9 Å². The van der Waals surface area contributed by atoms with E-state index in [1.807, 2.05) is 32.0 Å². The Labute approximate surface area is 129 Å². The van der Waals surface area contributed by atoms with Gasteiger partial charge in [-0.05, 0) is 48.4 Å². The van der Waals surface area contributed by atoms with Crippen molar-refractivity contribution in [2.75, 3.05) is 5.32 Å². The van der Waals surface area contributed by atoms with Crippen molar-refractivity contribution in [2.45, 2.75) is 26.5 Å². The van der Waals surface area contributed by atoms with E-state index in [1.165, 1.54) is 15.6 Å². The van der Waals surface area contributed by atoms with Crippen molar-refractivity contribution < 1.29 is 4.74 Å². The lowest BCUT2D eigenvalue weighted by Crippen LogP contribution is -2.08. The van der Waals surface area contributed by atoms with Gasteiger partial charge in [0.2, 0.25) is 0 Å². The first-order valence-corrected chi connectivity index (χ1v) is 8.06. The number of ether oxygens (including phenoxy) is 1. The van der Waals surface area contributed by atoms with E-state index < -0.39 is 0 Å². The molecule has 3 aromatic rings. The minimum absolute atomic E-state index is 0.176. The third-order valence-corrected chi connectivity index (χ3v) is 4.29. The molecule has 1 aromatic heterocycles. The second kappa shape index (κ2) is 6.19. The molecule has 2 aromatic carbocycles. The van der Waals surface area contributed by atoms with Gasteiger partial charge in [0.15, 0.2) is 0 Å². The van der Waals surface area contributed by atoms with Gasteiger partial charge in [0, 0.05) is 11.2 Å². The van der Waals surface area contributed by atoms with Crippen LogP contribution in [0, 0.1) is 0 Å². The maximum absolute atomic E-state index is 5.84. The number of hydrogen-bond donors (Lipinski definition) is 1. The molecule has 1 heterocycles. The number of hydrogen-bond acceptors (Lipinski definition) is 3. The quantitative estimate of drug-likeness (QED) is 0.690. The Kier molecular flexibility index (Phi) is 4.11. The lowest BCUT2D eigenvalue weighted by molar-refractivity contribution is 0.243. The van der Waals surface area contributed by atoms with Gasteiger partial charge in [0.05, 0.1) is 11.8 Å². The van der Waals surface area contributed by atoms with E-state index in [4.69, 9.17) is 4.74 Å². The van der Waals surface area contributed by atoms with Gasteiger partial charge in [-0.15, -0.1) is 11.3 Å². The number of benzene rings is 2. The number of fused-ring (bicyclic) bond motifs is 1. The van der Waals surface area contributed by atoms with Gasteiger partial charge in [-0.2, -0.15) is 0 Å². The summed E-state index contributed by atoms with van der Waals surface area (Å²) in [6, 6.07) is 16.6. The summed E-state index contributed by atoms with van der Waals surface area (Å²) in [5, 5.41) is 7.05. The Hall–Kier alpha value is -2.00. The highest BCUT2D eigenvalue weighted by Gasteiger charge is 2.07. The van der Waals surface area contributed by atoms with Crippen LogP contribution in [-0.2, 0) is 6.54 Å². The molecule has 0 saturated carbocycles. The molecule has 0 aliphatic heterocycles. The van der Waals surface area contributed by atoms with Crippen molar-refractivity contribution in [1.82, 2.24) is 0 Å². The zero-order chi connectivity index (χ0) is 14.7. The summed E-state index contributed by atoms with van der Waals surface area (Å²) < 4.78 is 7.18. The minimum atomic E-state index is 0.176. The number of nitrogens with one attached hydrogen (secondary N) is 1. The fourth-order valence-electron chi connectivity index (χ4n) is 2.33. The second-order valence-electron chi connectivity index (χ2n) is 5.27. The molecular formula is C18H19NOS. The van der Waals surface area contributed by atoms with Crippen LogP contribution in [0.5, 0.6) is 5.75 Å². The van der Waals surface area contributed by atoms with E-state index in [1.54, 1.807) is 11.3 Å². The van der Waals surface area contributed by atoms with Crippen LogP contribution < -0.4 is 10.1 Å². The predicted molar refractivity (Wildman–Crippen MR) is 91.4 cm³/mol. The third-order valence-electron chi connectivity index (χ3n) is 3.28. The Bertz CT molecular complexity index is 733. The fourth-order valence-corrected chi connectivity index (χ4v) is 3.29. The third kappa shape index (κ3) is 3.19. The van der Waals surface area contributed by atoms with Gasteiger partial charge >= 0.3 is 0 Å². The van der Waals surface area contributed by atoms with E-state index in [0.717, 1.165) is 18.0 Å². The molecule has 0 radical (unpaired) electrons. The first-order chi connectivity index (χ1) is 10.2. The van der Waals surface area contributed by atoms with Gasteiger partial charge in [-0.3, -0.25) is 0 Å². The van der Waals surface area contributed by atoms with Crippen molar-refractivity contribution >= 4 is 27.1 Å². The molecule has 3 heteroatoms. The Morgan fingerprint density at radius 1 is 1.05 bits per heavy atom. The standard InChI is InChI=1S/C18H19NOS/c1-13(2)20-17-9-5-4-8-16(17)19-11-14-12-21-18-10-6-3-7-15(14)18/h3-10,12-13,19H,11H2,1-2H3. The average Bonchev–Trinajstić information content (AvgIpc) is 2.89. The fraction of sp³-hybridized carbons (Fsp3) is 0.222. The molecule has 3 rings (SSSR count). The normalized spacial score (nSPS) is 11.0. The van der Waals surface area contributed by atoms with Crippen LogP contribution in [0.25, 0.3) is 10.1 Å². The summed E-state index contributed by atoms with van der Waals surface area (Å²) in [7, 11) is 0. The van der Waals surface area contributed by atoms with Crippen LogP contribution in [0.2, 0.25) is 0 Å². The van der Waals surface area contributed by atoms with Crippen LogP contribution >= 0.6 is 11.3 Å². The smallest absolute Gasteiger partial charge is 0.142 e. The van der Waals surface area contributed by atoms with Crippen LogP contribution in [-0.4, -0.2) is 6.10 Å². The first kappa shape index (κ1) is 14.0. The van der Waals surface area contributed by atoms with Gasteiger partial charge in [0.1, 0.15) is 5.75 Å². The van der Waals surface area contributed by atoms with E-state index in [-0.39, 0.29) is 6.10 Å². The van der Waals surface area contributed by atoms with Crippen molar-refractivity contribution in [3.63, 3.8) is 0 Å². The molecule has 0 unspecified atom stereocenters. The lowest BCUT2D eigenvalue weighted by atomic mass is 10.2. The monoisotopic (exact) mass is 297 g/mol. The van der Waals surface area contributed by atoms with E-state index in [2.05, 4.69) is 41.0 Å². The molecule has 0 aliphatic carbocycles. The average molecular weight is 297 g/mol. The van der Waals surface area contributed by atoms with Gasteiger partial charge < -0.3 is 10.1 Å². The van der Waals surface area contributed by atoms with Crippen LogP contribution in [0.3, 0.4) is 0 Å². The highest BCUT2D eigenvalue weighted by molar-refractivity contribution is 7.17. The van der Waals surface area contributed by atoms with Crippen LogP contribution in [0.1, 0.15) is 19.4 Å². The SMILES string of the molecule is CC(C)Oc1ccccc1NCc1csc2ccccc12. The predicted octanol–water partition coefficient (Wildman–Crippen LogP) is 5.30. The second-order valence-corrected chi connectivity index (χ2v) is 6.18. The van der Waals surface area contributed by atoms with Gasteiger partial charge in [-0.25, -0.2) is 0 Å². The Morgan fingerprint density at radius 3 is 2.67 bits per heavy atom. The number of anilines is 1. The first-order valence-electron chi connectivity index (χ1n) is 7.18. The van der Waals surface area contributed by atoms with Crippen molar-refractivity contribution in [3.05, 3.63) is 59.5 Å². The van der Waals surface area contributed by atoms with Crippen LogP contribution in [0.4, 0.5) is 5.69 Å². The summed E-state index contributed by atoms with van der Waals surface area (Å²) in [4.78, 5) is 0. The summed E-state index contributed by atoms with van der Waals surface area (Å²) >= 11 is 1.79. The molecule has 0 bridgehead atoms. The summed E-state index contributed by atoms with van der Waals surface area (Å²) in [5.41, 5.74) is 2.37. The van der Waals surface area contributed by atoms with Gasteiger partial charge in [-0.1, -0.05) is 30.3 Å². The minimum Gasteiger partial charge on any atom is -0.489 e. The molecule has 0 spiro atoms. The highest BCUT2D eigenvalue weighted by atomic mass is 32.1. The van der Waals surface area contributed by atoms with Gasteiger partial charge in [0.25, 0.3) is 0 Å². The topological polar surface area (TPSA) is 21.3 Å². The van der Waals surface area contributed by atoms with Crippen molar-refractivity contribution in [1.29, 1.82) is 0 Å². The maximum atomic E-state index is 5.84. The molecule has 0 saturated heterocycles. The van der Waals surface area contributed by atoms with E-state index in [0.29, 0.717) is 0 Å². The molecule has 1 N–H and O–H groups in total. The summed E-state index contributed by atoms with van der Waals surface area (Å²) in [6.07, 6.45) is 0.176.